The van der Waals surface area contributed by atoms with Crippen LogP contribution in [0.2, 0.25) is 0 Å². The van der Waals surface area contributed by atoms with E-state index in [1.165, 1.54) is 0 Å². The Balaban J connectivity index is 1.78. The summed E-state index contributed by atoms with van der Waals surface area (Å²) >= 11 is 0. The van der Waals surface area contributed by atoms with E-state index in [1.807, 2.05) is 6.92 Å². The van der Waals surface area contributed by atoms with E-state index in [0.29, 0.717) is 24.0 Å². The van der Waals surface area contributed by atoms with E-state index in [9.17, 15) is 4.79 Å². The molecule has 1 aromatic rings. The number of carbonyl (C=O) groups excluding carboxylic acids is 1. The lowest BCUT2D eigenvalue weighted by molar-refractivity contribution is -0.122. The van der Waals surface area contributed by atoms with Gasteiger partial charge in [-0.2, -0.15) is 5.26 Å². The topological polar surface area (TPSA) is 81.1 Å². The highest BCUT2D eigenvalue weighted by Gasteiger charge is 2.21. The summed E-state index contributed by atoms with van der Waals surface area (Å²) < 4.78 is 0. The number of piperidine rings is 1. The van der Waals surface area contributed by atoms with Crippen molar-refractivity contribution in [3.63, 3.8) is 0 Å². The summed E-state index contributed by atoms with van der Waals surface area (Å²) in [5.41, 5.74) is 0.573. The molecule has 0 saturated carbocycles. The van der Waals surface area contributed by atoms with Gasteiger partial charge in [-0.25, -0.2) is 4.98 Å². The van der Waals surface area contributed by atoms with Crippen LogP contribution >= 0.6 is 0 Å². The smallest absolute Gasteiger partial charge is 0.234 e. The Bertz CT molecular complexity index is 532. The maximum atomic E-state index is 11.7. The quantitative estimate of drug-likeness (QED) is 0.829. The average molecular weight is 301 g/mol. The second-order valence-electron chi connectivity index (χ2n) is 5.56. The van der Waals surface area contributed by atoms with Gasteiger partial charge in [-0.15, -0.1) is 0 Å². The van der Waals surface area contributed by atoms with Gasteiger partial charge < -0.3 is 10.6 Å². The van der Waals surface area contributed by atoms with Crippen LogP contribution in [0.15, 0.2) is 18.3 Å². The number of nitriles is 1. The summed E-state index contributed by atoms with van der Waals surface area (Å²) in [5, 5.41) is 15.3. The van der Waals surface area contributed by atoms with E-state index >= 15 is 0 Å². The molecule has 0 unspecified atom stereocenters. The van der Waals surface area contributed by atoms with Crippen molar-refractivity contribution in [1.82, 2.24) is 15.2 Å². The molecule has 0 radical (unpaired) electrons. The van der Waals surface area contributed by atoms with Gasteiger partial charge in [0.1, 0.15) is 11.9 Å². The number of pyridine rings is 1. The van der Waals surface area contributed by atoms with Crippen LogP contribution in [0.25, 0.3) is 0 Å². The first kappa shape index (κ1) is 16.2. The Morgan fingerprint density at radius 2 is 2.27 bits per heavy atom. The molecule has 22 heavy (non-hydrogen) atoms. The van der Waals surface area contributed by atoms with Gasteiger partial charge in [-0.05, 0) is 31.4 Å². The predicted octanol–water partition coefficient (Wildman–Crippen LogP) is 1.36. The normalized spacial score (nSPS) is 16.0. The van der Waals surface area contributed by atoms with Crippen LogP contribution < -0.4 is 10.6 Å². The number of hydrogen-bond acceptors (Lipinski definition) is 5. The molecule has 1 fully saturated rings. The fourth-order valence-corrected chi connectivity index (χ4v) is 2.56. The third-order valence-electron chi connectivity index (χ3n) is 3.80. The first-order chi connectivity index (χ1) is 10.7. The Morgan fingerprint density at radius 3 is 2.95 bits per heavy atom. The molecule has 1 amide bonds. The van der Waals surface area contributed by atoms with E-state index in [4.69, 9.17) is 5.26 Å². The molecule has 118 valence electrons. The fraction of sp³-hybridized carbons (Fsp3) is 0.562. The molecule has 1 saturated heterocycles. The van der Waals surface area contributed by atoms with Crippen LogP contribution in [0.5, 0.6) is 0 Å². The SMILES string of the molecule is CCCNC(=O)CN1CCC(Nc2ncccc2C#N)CC1. The van der Waals surface area contributed by atoms with Crippen molar-refractivity contribution in [2.45, 2.75) is 32.2 Å². The van der Waals surface area contributed by atoms with Gasteiger partial charge in [-0.1, -0.05) is 6.92 Å². The van der Waals surface area contributed by atoms with Gasteiger partial charge in [-0.3, -0.25) is 9.69 Å². The number of aromatic nitrogens is 1. The first-order valence-corrected chi connectivity index (χ1v) is 7.83. The molecule has 6 nitrogen and oxygen atoms in total. The molecule has 0 bridgehead atoms. The zero-order valence-electron chi connectivity index (χ0n) is 13.0. The lowest BCUT2D eigenvalue weighted by Gasteiger charge is -2.32. The predicted molar refractivity (Wildman–Crippen MR) is 85.3 cm³/mol. The minimum Gasteiger partial charge on any atom is -0.366 e. The minimum atomic E-state index is 0.102. The van der Waals surface area contributed by atoms with Crippen molar-refractivity contribution >= 4 is 11.7 Å². The summed E-state index contributed by atoms with van der Waals surface area (Å²) in [6.45, 7) is 5.02. The van der Waals surface area contributed by atoms with Crippen LogP contribution in [0.4, 0.5) is 5.82 Å². The molecule has 2 N–H and O–H groups in total. The van der Waals surface area contributed by atoms with Crippen molar-refractivity contribution in [1.29, 1.82) is 5.26 Å². The minimum absolute atomic E-state index is 0.102. The standard InChI is InChI=1S/C16H23N5O/c1-2-7-18-15(22)12-21-9-5-14(6-10-21)20-16-13(11-17)4-3-8-19-16/h3-4,8,14H,2,5-7,9-10,12H2,1H3,(H,18,22)(H,19,20). The van der Waals surface area contributed by atoms with E-state index < -0.39 is 0 Å². The second-order valence-corrected chi connectivity index (χ2v) is 5.56. The average Bonchev–Trinajstić information content (AvgIpc) is 2.55. The van der Waals surface area contributed by atoms with Gasteiger partial charge in [0.05, 0.1) is 12.1 Å². The van der Waals surface area contributed by atoms with Crippen LogP contribution in [0, 0.1) is 11.3 Å². The van der Waals surface area contributed by atoms with Gasteiger partial charge in [0, 0.05) is 31.9 Å². The summed E-state index contributed by atoms with van der Waals surface area (Å²) in [7, 11) is 0. The first-order valence-electron chi connectivity index (χ1n) is 7.83. The highest BCUT2D eigenvalue weighted by Crippen LogP contribution is 2.17. The van der Waals surface area contributed by atoms with Crippen LogP contribution in [0.1, 0.15) is 31.7 Å². The molecule has 6 heteroatoms. The summed E-state index contributed by atoms with van der Waals surface area (Å²) in [6.07, 6.45) is 4.55. The Morgan fingerprint density at radius 1 is 1.50 bits per heavy atom. The number of rotatable bonds is 6. The molecule has 2 rings (SSSR count). The van der Waals surface area contributed by atoms with E-state index in [-0.39, 0.29) is 5.91 Å². The second kappa shape index (κ2) is 8.35. The number of amides is 1. The van der Waals surface area contributed by atoms with Crippen LogP contribution in [-0.4, -0.2) is 48.0 Å². The fourth-order valence-electron chi connectivity index (χ4n) is 2.56. The number of nitrogens with one attached hydrogen (secondary N) is 2. The number of nitrogens with zero attached hydrogens (tertiary/aromatic N) is 3. The summed E-state index contributed by atoms with van der Waals surface area (Å²) in [5.74, 6) is 0.758. The highest BCUT2D eigenvalue weighted by atomic mass is 16.2. The maximum absolute atomic E-state index is 11.7. The highest BCUT2D eigenvalue weighted by molar-refractivity contribution is 5.77. The van der Waals surface area contributed by atoms with Gasteiger partial charge in [0.25, 0.3) is 0 Å². The Labute approximate surface area is 131 Å². The lowest BCUT2D eigenvalue weighted by atomic mass is 10.0. The van der Waals surface area contributed by atoms with Crippen molar-refractivity contribution in [2.24, 2.45) is 0 Å². The third-order valence-corrected chi connectivity index (χ3v) is 3.80. The van der Waals surface area contributed by atoms with Crippen molar-refractivity contribution < 1.29 is 4.79 Å². The van der Waals surface area contributed by atoms with Crippen molar-refractivity contribution in [3.8, 4) is 6.07 Å². The van der Waals surface area contributed by atoms with Crippen molar-refractivity contribution in [3.05, 3.63) is 23.9 Å². The number of hydrogen-bond donors (Lipinski definition) is 2. The number of carbonyl (C=O) groups is 1. The zero-order chi connectivity index (χ0) is 15.8. The number of likely N-dealkylation sites (tertiary alicyclic amines) is 1. The summed E-state index contributed by atoms with van der Waals surface area (Å²) in [4.78, 5) is 18.1. The molecule has 0 aliphatic carbocycles. The molecule has 1 aliphatic heterocycles. The van der Waals surface area contributed by atoms with Gasteiger partial charge in [0.15, 0.2) is 0 Å². The van der Waals surface area contributed by atoms with Crippen LogP contribution in [-0.2, 0) is 4.79 Å². The van der Waals surface area contributed by atoms with Crippen LogP contribution in [0.3, 0.4) is 0 Å². The van der Waals surface area contributed by atoms with Crippen molar-refractivity contribution in [2.75, 3.05) is 31.5 Å². The molecular weight excluding hydrogens is 278 g/mol. The van der Waals surface area contributed by atoms with Gasteiger partial charge >= 0.3 is 0 Å². The molecule has 1 aromatic heterocycles. The molecule has 1 aliphatic rings. The van der Waals surface area contributed by atoms with E-state index in [1.54, 1.807) is 18.3 Å². The molecule has 2 heterocycles. The molecular formula is C16H23N5O. The molecule has 0 atom stereocenters. The Hall–Kier alpha value is -2.13. The third kappa shape index (κ3) is 4.71. The monoisotopic (exact) mass is 301 g/mol. The number of anilines is 1. The van der Waals surface area contributed by atoms with Gasteiger partial charge in [0.2, 0.25) is 5.91 Å². The zero-order valence-corrected chi connectivity index (χ0v) is 13.0. The van der Waals surface area contributed by atoms with E-state index in [0.717, 1.165) is 38.9 Å². The summed E-state index contributed by atoms with van der Waals surface area (Å²) in [6, 6.07) is 5.99. The lowest BCUT2D eigenvalue weighted by Crippen LogP contribution is -2.44. The maximum Gasteiger partial charge on any atom is 0.234 e. The molecule has 0 spiro atoms. The van der Waals surface area contributed by atoms with E-state index in [2.05, 4.69) is 26.6 Å². The Kier molecular flexibility index (Phi) is 6.16. The largest absolute Gasteiger partial charge is 0.366 e. The molecule has 0 aromatic carbocycles.